The van der Waals surface area contributed by atoms with E-state index in [0.717, 1.165) is 19.3 Å². The SMILES string of the molecule is COC1(CNS(=O)(=O)c2ccc3c(c2)CCCC3)CCOCC1. The van der Waals surface area contributed by atoms with Crippen molar-refractivity contribution in [1.82, 2.24) is 4.72 Å². The normalized spacial score (nSPS) is 20.9. The largest absolute Gasteiger partial charge is 0.381 e. The van der Waals surface area contributed by atoms with Crippen molar-refractivity contribution < 1.29 is 17.9 Å². The zero-order chi connectivity index (χ0) is 16.3. The van der Waals surface area contributed by atoms with Gasteiger partial charge in [0.05, 0.1) is 10.5 Å². The Balaban J connectivity index is 1.73. The summed E-state index contributed by atoms with van der Waals surface area (Å²) in [6.45, 7) is 1.50. The van der Waals surface area contributed by atoms with E-state index in [0.29, 0.717) is 31.0 Å². The summed E-state index contributed by atoms with van der Waals surface area (Å²) in [5.74, 6) is 0. The molecular formula is C17H25NO4S. The quantitative estimate of drug-likeness (QED) is 0.892. The Morgan fingerprint density at radius 2 is 1.87 bits per heavy atom. The highest BCUT2D eigenvalue weighted by molar-refractivity contribution is 7.89. The van der Waals surface area contributed by atoms with Gasteiger partial charge in [-0.1, -0.05) is 6.07 Å². The summed E-state index contributed by atoms with van der Waals surface area (Å²) in [7, 11) is -1.87. The van der Waals surface area contributed by atoms with Crippen LogP contribution < -0.4 is 4.72 Å². The van der Waals surface area contributed by atoms with E-state index in [1.807, 2.05) is 12.1 Å². The van der Waals surface area contributed by atoms with E-state index < -0.39 is 15.6 Å². The van der Waals surface area contributed by atoms with E-state index in [4.69, 9.17) is 9.47 Å². The molecule has 0 amide bonds. The van der Waals surface area contributed by atoms with Gasteiger partial charge in [0.2, 0.25) is 10.0 Å². The second-order valence-corrected chi connectivity index (χ2v) is 8.23. The van der Waals surface area contributed by atoms with Crippen LogP contribution in [-0.4, -0.2) is 40.9 Å². The maximum Gasteiger partial charge on any atom is 0.240 e. The van der Waals surface area contributed by atoms with Crippen molar-refractivity contribution in [2.45, 2.75) is 49.0 Å². The first-order valence-corrected chi connectivity index (χ1v) is 9.77. The molecule has 1 aromatic carbocycles. The lowest BCUT2D eigenvalue weighted by Crippen LogP contribution is -2.48. The smallest absolute Gasteiger partial charge is 0.240 e. The predicted octanol–water partition coefficient (Wildman–Crippen LogP) is 2.04. The van der Waals surface area contributed by atoms with Gasteiger partial charge >= 0.3 is 0 Å². The van der Waals surface area contributed by atoms with Crippen LogP contribution in [0, 0.1) is 0 Å². The molecule has 1 heterocycles. The first-order chi connectivity index (χ1) is 11.0. The van der Waals surface area contributed by atoms with Gasteiger partial charge in [-0.25, -0.2) is 13.1 Å². The third-order valence-electron chi connectivity index (χ3n) is 5.05. The van der Waals surface area contributed by atoms with Gasteiger partial charge < -0.3 is 9.47 Å². The minimum Gasteiger partial charge on any atom is -0.381 e. The van der Waals surface area contributed by atoms with Crippen LogP contribution in [0.3, 0.4) is 0 Å². The molecule has 1 aliphatic carbocycles. The van der Waals surface area contributed by atoms with Crippen molar-refractivity contribution in [3.05, 3.63) is 29.3 Å². The summed E-state index contributed by atoms with van der Waals surface area (Å²) in [6.07, 6.45) is 5.76. The Morgan fingerprint density at radius 1 is 1.17 bits per heavy atom. The maximum absolute atomic E-state index is 12.6. The molecule has 2 aliphatic rings. The third-order valence-corrected chi connectivity index (χ3v) is 6.45. The molecule has 1 fully saturated rings. The van der Waals surface area contributed by atoms with Crippen LogP contribution >= 0.6 is 0 Å². The zero-order valence-electron chi connectivity index (χ0n) is 13.6. The Hall–Kier alpha value is -0.950. The number of sulfonamides is 1. The average Bonchev–Trinajstić information content (AvgIpc) is 2.60. The monoisotopic (exact) mass is 339 g/mol. The van der Waals surface area contributed by atoms with Crippen LogP contribution in [0.1, 0.15) is 36.8 Å². The van der Waals surface area contributed by atoms with E-state index in [-0.39, 0.29) is 6.54 Å². The van der Waals surface area contributed by atoms with Gasteiger partial charge in [0.25, 0.3) is 0 Å². The van der Waals surface area contributed by atoms with Gasteiger partial charge in [-0.05, 0) is 48.9 Å². The van der Waals surface area contributed by atoms with E-state index in [1.165, 1.54) is 17.5 Å². The fourth-order valence-electron chi connectivity index (χ4n) is 3.38. The predicted molar refractivity (Wildman–Crippen MR) is 88.1 cm³/mol. The van der Waals surface area contributed by atoms with E-state index in [1.54, 1.807) is 13.2 Å². The summed E-state index contributed by atoms with van der Waals surface area (Å²) < 4.78 is 38.9. The van der Waals surface area contributed by atoms with Crippen LogP contribution in [0.4, 0.5) is 0 Å². The van der Waals surface area contributed by atoms with Gasteiger partial charge in [-0.3, -0.25) is 0 Å². The number of hydrogen-bond donors (Lipinski definition) is 1. The van der Waals surface area contributed by atoms with Crippen LogP contribution in [0.2, 0.25) is 0 Å². The molecule has 0 bridgehead atoms. The fraction of sp³-hybridized carbons (Fsp3) is 0.647. The zero-order valence-corrected chi connectivity index (χ0v) is 14.5. The molecule has 0 saturated carbocycles. The summed E-state index contributed by atoms with van der Waals surface area (Å²) in [6, 6.07) is 5.51. The molecule has 1 aliphatic heterocycles. The van der Waals surface area contributed by atoms with Crippen molar-refractivity contribution in [2.75, 3.05) is 26.9 Å². The first kappa shape index (κ1) is 16.9. The van der Waals surface area contributed by atoms with Crippen molar-refractivity contribution >= 4 is 10.0 Å². The Kier molecular flexibility index (Phi) is 5.06. The number of hydrogen-bond acceptors (Lipinski definition) is 4. The Morgan fingerprint density at radius 3 is 2.57 bits per heavy atom. The number of rotatable bonds is 5. The molecule has 0 aromatic heterocycles. The second kappa shape index (κ2) is 6.89. The molecule has 0 spiro atoms. The molecular weight excluding hydrogens is 314 g/mol. The van der Waals surface area contributed by atoms with Crippen LogP contribution in [0.15, 0.2) is 23.1 Å². The van der Waals surface area contributed by atoms with E-state index in [9.17, 15) is 8.42 Å². The summed E-state index contributed by atoms with van der Waals surface area (Å²) in [4.78, 5) is 0.358. The molecule has 0 unspecified atom stereocenters. The van der Waals surface area contributed by atoms with Crippen LogP contribution in [0.5, 0.6) is 0 Å². The van der Waals surface area contributed by atoms with E-state index in [2.05, 4.69) is 4.72 Å². The number of benzene rings is 1. The molecule has 3 rings (SSSR count). The lowest BCUT2D eigenvalue weighted by Gasteiger charge is -2.35. The average molecular weight is 339 g/mol. The van der Waals surface area contributed by atoms with Crippen LogP contribution in [-0.2, 0) is 32.3 Å². The summed E-state index contributed by atoms with van der Waals surface area (Å²) in [5.41, 5.74) is 2.00. The van der Waals surface area contributed by atoms with Crippen molar-refractivity contribution in [3.8, 4) is 0 Å². The second-order valence-electron chi connectivity index (χ2n) is 6.46. The molecule has 1 N–H and O–H groups in total. The van der Waals surface area contributed by atoms with Crippen molar-refractivity contribution in [1.29, 1.82) is 0 Å². The molecule has 1 saturated heterocycles. The van der Waals surface area contributed by atoms with Crippen molar-refractivity contribution in [2.24, 2.45) is 0 Å². The van der Waals surface area contributed by atoms with Crippen molar-refractivity contribution in [3.63, 3.8) is 0 Å². The molecule has 5 nitrogen and oxygen atoms in total. The number of methoxy groups -OCH3 is 1. The molecule has 128 valence electrons. The summed E-state index contributed by atoms with van der Waals surface area (Å²) >= 11 is 0. The van der Waals surface area contributed by atoms with E-state index >= 15 is 0 Å². The Labute approximate surface area is 138 Å². The lowest BCUT2D eigenvalue weighted by molar-refractivity contribution is -0.0850. The molecule has 23 heavy (non-hydrogen) atoms. The maximum atomic E-state index is 12.6. The van der Waals surface area contributed by atoms with Gasteiger partial charge in [0, 0.05) is 39.7 Å². The third kappa shape index (κ3) is 3.76. The number of ether oxygens (including phenoxy) is 2. The molecule has 0 radical (unpaired) electrons. The van der Waals surface area contributed by atoms with Gasteiger partial charge in [-0.2, -0.15) is 0 Å². The van der Waals surface area contributed by atoms with Gasteiger partial charge in [-0.15, -0.1) is 0 Å². The topological polar surface area (TPSA) is 64.6 Å². The standard InChI is InChI=1S/C17H25NO4S/c1-21-17(8-10-22-11-9-17)13-18-23(19,20)16-7-6-14-4-2-3-5-15(14)12-16/h6-7,12,18H,2-5,8-11,13H2,1H3. The number of fused-ring (bicyclic) bond motifs is 1. The highest BCUT2D eigenvalue weighted by atomic mass is 32.2. The molecule has 6 heteroatoms. The summed E-state index contributed by atoms with van der Waals surface area (Å²) in [5, 5.41) is 0. The van der Waals surface area contributed by atoms with Crippen LogP contribution in [0.25, 0.3) is 0 Å². The first-order valence-electron chi connectivity index (χ1n) is 8.29. The number of aryl methyl sites for hydroxylation is 2. The highest BCUT2D eigenvalue weighted by Gasteiger charge is 2.34. The van der Waals surface area contributed by atoms with Gasteiger partial charge in [0.1, 0.15) is 0 Å². The minimum atomic E-state index is -3.51. The highest BCUT2D eigenvalue weighted by Crippen LogP contribution is 2.26. The molecule has 0 atom stereocenters. The lowest BCUT2D eigenvalue weighted by atomic mass is 9.92. The Bertz CT molecular complexity index is 651. The number of nitrogens with one attached hydrogen (secondary N) is 1. The molecule has 1 aromatic rings. The fourth-order valence-corrected chi connectivity index (χ4v) is 4.55. The van der Waals surface area contributed by atoms with Gasteiger partial charge in [0.15, 0.2) is 0 Å². The minimum absolute atomic E-state index is 0.284.